The zero-order chi connectivity index (χ0) is 23.1. The highest BCUT2D eigenvalue weighted by Gasteiger charge is 2.34. The first kappa shape index (κ1) is 25.7. The summed E-state index contributed by atoms with van der Waals surface area (Å²) in [6.07, 6.45) is 1.20. The second kappa shape index (κ2) is 10.6. The summed E-state index contributed by atoms with van der Waals surface area (Å²) in [6, 6.07) is -1.90. The summed E-state index contributed by atoms with van der Waals surface area (Å²) >= 11 is 0. The molecular weight excluding hydrogens is 390 g/mol. The smallest absolute Gasteiger partial charge is 0.408 e. The standard InChI is InChI=1S/C21H37N3O6/c1-20(2,3)12-15(24-19(28)30-21(4,5)6)17(26)23-14(18(27)29-7)11-13-9-8-10-22-16(13)25/h13-15H,8-12H2,1-7H3,(H,22,25)(H,23,26)(H,24,28)/t13-,14-,15-/m0/s1. The third kappa shape index (κ3) is 9.45. The van der Waals surface area contributed by atoms with E-state index in [2.05, 4.69) is 16.0 Å². The molecule has 0 saturated carbocycles. The summed E-state index contributed by atoms with van der Waals surface area (Å²) in [5, 5.41) is 8.03. The number of carbonyl (C=O) groups is 4. The average molecular weight is 428 g/mol. The molecule has 3 atom stereocenters. The molecule has 30 heavy (non-hydrogen) atoms. The molecule has 1 heterocycles. The van der Waals surface area contributed by atoms with Gasteiger partial charge in [-0.05, 0) is 51.9 Å². The molecule has 1 saturated heterocycles. The largest absolute Gasteiger partial charge is 0.467 e. The molecule has 0 aromatic heterocycles. The fourth-order valence-corrected chi connectivity index (χ4v) is 3.25. The van der Waals surface area contributed by atoms with E-state index >= 15 is 0 Å². The first-order valence-electron chi connectivity index (χ1n) is 10.4. The van der Waals surface area contributed by atoms with Gasteiger partial charge in [0, 0.05) is 12.5 Å². The van der Waals surface area contributed by atoms with Crippen molar-refractivity contribution in [2.45, 2.75) is 84.9 Å². The number of esters is 1. The van der Waals surface area contributed by atoms with Crippen LogP contribution in [0.1, 0.15) is 67.2 Å². The summed E-state index contributed by atoms with van der Waals surface area (Å²) in [5.74, 6) is -1.68. The van der Waals surface area contributed by atoms with Crippen molar-refractivity contribution in [3.8, 4) is 0 Å². The van der Waals surface area contributed by atoms with Gasteiger partial charge in [-0.1, -0.05) is 20.8 Å². The Morgan fingerprint density at radius 2 is 1.73 bits per heavy atom. The van der Waals surface area contributed by atoms with Crippen LogP contribution >= 0.6 is 0 Å². The molecule has 3 N–H and O–H groups in total. The second-order valence-electron chi connectivity index (χ2n) is 9.91. The van der Waals surface area contributed by atoms with Crippen LogP contribution in [-0.4, -0.2) is 55.2 Å². The Hall–Kier alpha value is -2.32. The molecule has 0 unspecified atom stereocenters. The minimum Gasteiger partial charge on any atom is -0.467 e. The van der Waals surface area contributed by atoms with Crippen LogP contribution in [0.15, 0.2) is 0 Å². The van der Waals surface area contributed by atoms with Gasteiger partial charge in [-0.3, -0.25) is 9.59 Å². The fraction of sp³-hybridized carbons (Fsp3) is 0.810. The topological polar surface area (TPSA) is 123 Å². The lowest BCUT2D eigenvalue weighted by Gasteiger charge is -2.30. The molecule has 0 bridgehead atoms. The monoisotopic (exact) mass is 427 g/mol. The number of methoxy groups -OCH3 is 1. The Bertz CT molecular complexity index is 636. The molecule has 3 amide bonds. The molecule has 0 aliphatic carbocycles. The first-order valence-corrected chi connectivity index (χ1v) is 10.4. The van der Waals surface area contributed by atoms with Gasteiger partial charge in [0.1, 0.15) is 17.7 Å². The minimum atomic E-state index is -0.987. The van der Waals surface area contributed by atoms with E-state index in [1.807, 2.05) is 20.8 Å². The molecule has 0 spiro atoms. The molecule has 1 rings (SSSR count). The molecule has 0 aromatic rings. The number of hydrogen-bond donors (Lipinski definition) is 3. The zero-order valence-corrected chi connectivity index (χ0v) is 19.2. The van der Waals surface area contributed by atoms with Gasteiger partial charge in [-0.25, -0.2) is 9.59 Å². The number of alkyl carbamates (subject to hydrolysis) is 1. The molecule has 172 valence electrons. The molecule has 9 heteroatoms. The van der Waals surface area contributed by atoms with Crippen molar-refractivity contribution in [2.24, 2.45) is 11.3 Å². The Morgan fingerprint density at radius 3 is 2.23 bits per heavy atom. The van der Waals surface area contributed by atoms with Crippen molar-refractivity contribution < 1.29 is 28.7 Å². The number of rotatable bonds is 7. The molecule has 1 aliphatic heterocycles. The van der Waals surface area contributed by atoms with Gasteiger partial charge in [0.15, 0.2) is 0 Å². The van der Waals surface area contributed by atoms with Crippen LogP contribution in [0.4, 0.5) is 4.79 Å². The molecule has 1 aliphatic rings. The molecular formula is C21H37N3O6. The van der Waals surface area contributed by atoms with Crippen molar-refractivity contribution >= 4 is 23.9 Å². The SMILES string of the molecule is COC(=O)[C@H](C[C@@H]1CCCNC1=O)NC(=O)[C@H](CC(C)(C)C)NC(=O)OC(C)(C)C. The number of nitrogens with one attached hydrogen (secondary N) is 3. The summed E-state index contributed by atoms with van der Waals surface area (Å²) in [4.78, 5) is 49.6. The summed E-state index contributed by atoms with van der Waals surface area (Å²) in [6.45, 7) is 11.6. The fourth-order valence-electron chi connectivity index (χ4n) is 3.25. The molecule has 1 fully saturated rings. The van der Waals surface area contributed by atoms with Gasteiger partial charge in [0.25, 0.3) is 0 Å². The van der Waals surface area contributed by atoms with Crippen LogP contribution in [0, 0.1) is 11.3 Å². The molecule has 0 radical (unpaired) electrons. The van der Waals surface area contributed by atoms with Crippen LogP contribution in [-0.2, 0) is 23.9 Å². The molecule has 0 aromatic carbocycles. The Balaban J connectivity index is 2.93. The van der Waals surface area contributed by atoms with E-state index in [1.165, 1.54) is 7.11 Å². The van der Waals surface area contributed by atoms with Crippen molar-refractivity contribution in [1.29, 1.82) is 0 Å². The predicted octanol–water partition coefficient (Wildman–Crippen LogP) is 1.89. The predicted molar refractivity (Wildman–Crippen MR) is 112 cm³/mol. The van der Waals surface area contributed by atoms with Crippen molar-refractivity contribution in [3.05, 3.63) is 0 Å². The number of hydrogen-bond acceptors (Lipinski definition) is 6. The minimum absolute atomic E-state index is 0.137. The van der Waals surface area contributed by atoms with Gasteiger partial charge in [0.05, 0.1) is 7.11 Å². The van der Waals surface area contributed by atoms with Gasteiger partial charge in [-0.15, -0.1) is 0 Å². The van der Waals surface area contributed by atoms with Gasteiger partial charge in [0.2, 0.25) is 11.8 Å². The highest BCUT2D eigenvalue weighted by Crippen LogP contribution is 2.22. The molecule has 9 nitrogen and oxygen atoms in total. The number of ether oxygens (including phenoxy) is 2. The van der Waals surface area contributed by atoms with Crippen molar-refractivity contribution in [3.63, 3.8) is 0 Å². The van der Waals surface area contributed by atoms with E-state index in [-0.39, 0.29) is 23.7 Å². The zero-order valence-electron chi connectivity index (χ0n) is 19.2. The third-order valence-electron chi connectivity index (χ3n) is 4.55. The number of carbonyl (C=O) groups excluding carboxylic acids is 4. The van der Waals surface area contributed by atoms with Crippen LogP contribution in [0.3, 0.4) is 0 Å². The van der Waals surface area contributed by atoms with E-state index in [0.717, 1.165) is 6.42 Å². The highest BCUT2D eigenvalue weighted by molar-refractivity contribution is 5.90. The Labute approximate surface area is 179 Å². The lowest BCUT2D eigenvalue weighted by molar-refractivity contribution is -0.146. The summed E-state index contributed by atoms with van der Waals surface area (Å²) < 4.78 is 10.1. The van der Waals surface area contributed by atoms with E-state index in [0.29, 0.717) is 19.4 Å². The quantitative estimate of drug-likeness (QED) is 0.533. The lowest BCUT2D eigenvalue weighted by atomic mass is 9.87. The Kier molecular flexibility index (Phi) is 9.11. The van der Waals surface area contributed by atoms with Crippen molar-refractivity contribution in [1.82, 2.24) is 16.0 Å². The van der Waals surface area contributed by atoms with Crippen LogP contribution in [0.5, 0.6) is 0 Å². The van der Waals surface area contributed by atoms with E-state index in [9.17, 15) is 19.2 Å². The average Bonchev–Trinajstić information content (AvgIpc) is 2.58. The van der Waals surface area contributed by atoms with E-state index < -0.39 is 35.7 Å². The van der Waals surface area contributed by atoms with E-state index in [1.54, 1.807) is 20.8 Å². The normalized spacial score (nSPS) is 19.2. The van der Waals surface area contributed by atoms with Gasteiger partial charge >= 0.3 is 12.1 Å². The highest BCUT2D eigenvalue weighted by atomic mass is 16.6. The number of amides is 3. The maximum absolute atomic E-state index is 13.0. The Morgan fingerprint density at radius 1 is 1.10 bits per heavy atom. The lowest BCUT2D eigenvalue weighted by Crippen LogP contribution is -2.54. The maximum Gasteiger partial charge on any atom is 0.408 e. The second-order valence-corrected chi connectivity index (χ2v) is 9.91. The van der Waals surface area contributed by atoms with Gasteiger partial charge in [-0.2, -0.15) is 0 Å². The first-order chi connectivity index (χ1) is 13.7. The van der Waals surface area contributed by atoms with E-state index in [4.69, 9.17) is 9.47 Å². The van der Waals surface area contributed by atoms with Crippen LogP contribution in [0.2, 0.25) is 0 Å². The summed E-state index contributed by atoms with van der Waals surface area (Å²) in [5.41, 5.74) is -0.989. The third-order valence-corrected chi connectivity index (χ3v) is 4.55. The number of piperidine rings is 1. The van der Waals surface area contributed by atoms with Crippen LogP contribution < -0.4 is 16.0 Å². The van der Waals surface area contributed by atoms with Crippen molar-refractivity contribution in [2.75, 3.05) is 13.7 Å². The van der Waals surface area contributed by atoms with Gasteiger partial charge < -0.3 is 25.4 Å². The summed E-state index contributed by atoms with van der Waals surface area (Å²) in [7, 11) is 1.23. The maximum atomic E-state index is 13.0. The van der Waals surface area contributed by atoms with Crippen LogP contribution in [0.25, 0.3) is 0 Å².